The standard InChI is InChI=1S/C15H30N2.ClH/c1-13-3-5-15(6-4-13)12-17-9-7-14(8-10-17)11-16-2;/h13-16H,3-12H2,1-2H3;1H. The second kappa shape index (κ2) is 8.39. The first-order valence-corrected chi connectivity index (χ1v) is 7.65. The minimum atomic E-state index is 0. The summed E-state index contributed by atoms with van der Waals surface area (Å²) in [6, 6.07) is 0. The van der Waals surface area contributed by atoms with Gasteiger partial charge in [0.05, 0.1) is 0 Å². The predicted octanol–water partition coefficient (Wildman–Crippen LogP) is 3.17. The number of halogens is 1. The molecule has 108 valence electrons. The summed E-state index contributed by atoms with van der Waals surface area (Å²) < 4.78 is 0. The molecule has 1 heterocycles. The van der Waals surface area contributed by atoms with Crippen LogP contribution in [0.5, 0.6) is 0 Å². The lowest BCUT2D eigenvalue weighted by atomic mass is 9.82. The van der Waals surface area contributed by atoms with E-state index < -0.39 is 0 Å². The van der Waals surface area contributed by atoms with Gasteiger partial charge in [0.2, 0.25) is 0 Å². The minimum absolute atomic E-state index is 0. The first kappa shape index (κ1) is 16.3. The third-order valence-electron chi connectivity index (χ3n) is 4.85. The van der Waals surface area contributed by atoms with Gasteiger partial charge in [-0.2, -0.15) is 0 Å². The van der Waals surface area contributed by atoms with Crippen molar-refractivity contribution in [3.05, 3.63) is 0 Å². The van der Waals surface area contributed by atoms with Crippen molar-refractivity contribution in [3.63, 3.8) is 0 Å². The van der Waals surface area contributed by atoms with Crippen LogP contribution in [0.1, 0.15) is 45.4 Å². The van der Waals surface area contributed by atoms with Gasteiger partial charge >= 0.3 is 0 Å². The number of hydrogen-bond donors (Lipinski definition) is 1. The summed E-state index contributed by atoms with van der Waals surface area (Å²) >= 11 is 0. The molecule has 3 heteroatoms. The second-order valence-corrected chi connectivity index (χ2v) is 6.43. The van der Waals surface area contributed by atoms with Gasteiger partial charge in [-0.05, 0) is 70.1 Å². The van der Waals surface area contributed by atoms with Gasteiger partial charge in [-0.15, -0.1) is 12.4 Å². The Labute approximate surface area is 119 Å². The smallest absolute Gasteiger partial charge is 0.000966 e. The minimum Gasteiger partial charge on any atom is -0.319 e. The molecule has 0 unspecified atom stereocenters. The maximum absolute atomic E-state index is 3.32. The first-order chi connectivity index (χ1) is 8.28. The summed E-state index contributed by atoms with van der Waals surface area (Å²) in [6.07, 6.45) is 8.73. The van der Waals surface area contributed by atoms with E-state index in [2.05, 4.69) is 24.2 Å². The van der Waals surface area contributed by atoms with Crippen LogP contribution in [0.4, 0.5) is 0 Å². The zero-order valence-corrected chi connectivity index (χ0v) is 13.0. The van der Waals surface area contributed by atoms with Crippen LogP contribution in [0.3, 0.4) is 0 Å². The van der Waals surface area contributed by atoms with Crippen molar-refractivity contribution in [1.29, 1.82) is 0 Å². The Morgan fingerprint density at radius 2 is 1.56 bits per heavy atom. The molecule has 0 spiro atoms. The van der Waals surface area contributed by atoms with Crippen LogP contribution >= 0.6 is 12.4 Å². The van der Waals surface area contributed by atoms with E-state index in [0.29, 0.717) is 0 Å². The quantitative estimate of drug-likeness (QED) is 0.847. The Morgan fingerprint density at radius 1 is 0.944 bits per heavy atom. The first-order valence-electron chi connectivity index (χ1n) is 7.65. The molecule has 1 N–H and O–H groups in total. The Hall–Kier alpha value is 0.210. The molecule has 2 rings (SSSR count). The highest BCUT2D eigenvalue weighted by Gasteiger charge is 2.23. The molecule has 2 nitrogen and oxygen atoms in total. The summed E-state index contributed by atoms with van der Waals surface area (Å²) in [5.74, 6) is 2.93. The highest BCUT2D eigenvalue weighted by atomic mass is 35.5. The van der Waals surface area contributed by atoms with Crippen molar-refractivity contribution in [2.24, 2.45) is 17.8 Å². The monoisotopic (exact) mass is 274 g/mol. The van der Waals surface area contributed by atoms with Crippen LogP contribution in [0.2, 0.25) is 0 Å². The normalized spacial score (nSPS) is 31.0. The molecule has 0 atom stereocenters. The van der Waals surface area contributed by atoms with Gasteiger partial charge < -0.3 is 10.2 Å². The highest BCUT2D eigenvalue weighted by Crippen LogP contribution is 2.29. The summed E-state index contributed by atoms with van der Waals surface area (Å²) in [6.45, 7) is 7.71. The maximum Gasteiger partial charge on any atom is 0.000966 e. The fraction of sp³-hybridized carbons (Fsp3) is 1.00. The van der Waals surface area contributed by atoms with Gasteiger partial charge in [-0.3, -0.25) is 0 Å². The van der Waals surface area contributed by atoms with Crippen molar-refractivity contribution >= 4 is 12.4 Å². The maximum atomic E-state index is 3.32. The third kappa shape index (κ3) is 5.07. The summed E-state index contributed by atoms with van der Waals surface area (Å²) in [5, 5.41) is 3.32. The molecule has 0 amide bonds. The van der Waals surface area contributed by atoms with Crippen molar-refractivity contribution in [2.75, 3.05) is 33.2 Å². The van der Waals surface area contributed by atoms with Crippen molar-refractivity contribution in [2.45, 2.75) is 45.4 Å². The summed E-state index contributed by atoms with van der Waals surface area (Å²) in [4.78, 5) is 2.73. The van der Waals surface area contributed by atoms with E-state index in [9.17, 15) is 0 Å². The number of hydrogen-bond acceptors (Lipinski definition) is 2. The van der Waals surface area contributed by atoms with E-state index in [4.69, 9.17) is 0 Å². The Morgan fingerprint density at radius 3 is 2.11 bits per heavy atom. The van der Waals surface area contributed by atoms with E-state index in [1.54, 1.807) is 0 Å². The Balaban J connectivity index is 0.00000162. The molecule has 0 radical (unpaired) electrons. The molecule has 18 heavy (non-hydrogen) atoms. The van der Waals surface area contributed by atoms with Crippen LogP contribution in [0.25, 0.3) is 0 Å². The fourth-order valence-electron chi connectivity index (χ4n) is 3.54. The zero-order chi connectivity index (χ0) is 12.1. The Bertz CT molecular complexity index is 207. The second-order valence-electron chi connectivity index (χ2n) is 6.43. The van der Waals surface area contributed by atoms with Crippen molar-refractivity contribution < 1.29 is 0 Å². The lowest BCUT2D eigenvalue weighted by Gasteiger charge is -2.36. The van der Waals surface area contributed by atoms with Gasteiger partial charge in [0.25, 0.3) is 0 Å². The lowest BCUT2D eigenvalue weighted by Crippen LogP contribution is -2.39. The van der Waals surface area contributed by atoms with E-state index in [-0.39, 0.29) is 12.4 Å². The molecule has 0 aromatic carbocycles. The van der Waals surface area contributed by atoms with Gasteiger partial charge in [-0.1, -0.05) is 19.8 Å². The SMILES string of the molecule is CNCC1CCN(CC2CCC(C)CC2)CC1.Cl. The van der Waals surface area contributed by atoms with Crippen LogP contribution in [0, 0.1) is 17.8 Å². The molecule has 0 bridgehead atoms. The summed E-state index contributed by atoms with van der Waals surface area (Å²) in [7, 11) is 2.08. The predicted molar refractivity (Wildman–Crippen MR) is 81.5 cm³/mol. The van der Waals surface area contributed by atoms with Crippen LogP contribution < -0.4 is 5.32 Å². The molecule has 0 aromatic heterocycles. The molecule has 1 saturated carbocycles. The van der Waals surface area contributed by atoms with E-state index >= 15 is 0 Å². The molecule has 1 aliphatic heterocycles. The average Bonchev–Trinajstić information content (AvgIpc) is 2.35. The van der Waals surface area contributed by atoms with E-state index in [1.807, 2.05) is 0 Å². The van der Waals surface area contributed by atoms with E-state index in [1.165, 1.54) is 64.7 Å². The van der Waals surface area contributed by atoms with Crippen LogP contribution in [0.15, 0.2) is 0 Å². The molecule has 2 aliphatic rings. The summed E-state index contributed by atoms with van der Waals surface area (Å²) in [5.41, 5.74) is 0. The largest absolute Gasteiger partial charge is 0.319 e. The zero-order valence-electron chi connectivity index (χ0n) is 12.2. The lowest BCUT2D eigenvalue weighted by molar-refractivity contribution is 0.138. The van der Waals surface area contributed by atoms with E-state index in [0.717, 1.165) is 17.8 Å². The van der Waals surface area contributed by atoms with Gasteiger partial charge in [0, 0.05) is 6.54 Å². The molecular weight excluding hydrogens is 244 g/mol. The highest BCUT2D eigenvalue weighted by molar-refractivity contribution is 5.85. The van der Waals surface area contributed by atoms with Gasteiger partial charge in [0.1, 0.15) is 0 Å². The van der Waals surface area contributed by atoms with Crippen LogP contribution in [-0.2, 0) is 0 Å². The van der Waals surface area contributed by atoms with Gasteiger partial charge in [-0.25, -0.2) is 0 Å². The van der Waals surface area contributed by atoms with Crippen LogP contribution in [-0.4, -0.2) is 38.1 Å². The molecule has 2 fully saturated rings. The average molecular weight is 275 g/mol. The number of nitrogens with one attached hydrogen (secondary N) is 1. The molecular formula is C15H31ClN2. The Kier molecular flexibility index (Phi) is 7.59. The molecule has 1 saturated heterocycles. The number of likely N-dealkylation sites (tertiary alicyclic amines) is 1. The fourth-order valence-corrected chi connectivity index (χ4v) is 3.54. The molecule has 1 aliphatic carbocycles. The topological polar surface area (TPSA) is 15.3 Å². The van der Waals surface area contributed by atoms with Crippen molar-refractivity contribution in [1.82, 2.24) is 10.2 Å². The van der Waals surface area contributed by atoms with Gasteiger partial charge in [0.15, 0.2) is 0 Å². The van der Waals surface area contributed by atoms with Crippen molar-refractivity contribution in [3.8, 4) is 0 Å². The molecule has 0 aromatic rings. The third-order valence-corrected chi connectivity index (χ3v) is 4.85. The number of nitrogens with zero attached hydrogens (tertiary/aromatic N) is 1. The number of piperidine rings is 1. The number of rotatable bonds is 4.